The minimum absolute atomic E-state index is 0.146. The molecule has 1 atom stereocenters. The van der Waals surface area contributed by atoms with Gasteiger partial charge in [0.1, 0.15) is 10.8 Å². The zero-order chi connectivity index (χ0) is 15.2. The molecule has 0 saturated heterocycles. The van der Waals surface area contributed by atoms with E-state index in [1.54, 1.807) is 6.20 Å². The Kier molecular flexibility index (Phi) is 5.04. The highest BCUT2D eigenvalue weighted by molar-refractivity contribution is 7.09. The van der Waals surface area contributed by atoms with E-state index in [2.05, 4.69) is 22.1 Å². The number of halogens is 1. The molecule has 0 saturated carbocycles. The first-order chi connectivity index (χ1) is 10.1. The van der Waals surface area contributed by atoms with Crippen LogP contribution in [-0.4, -0.2) is 17.4 Å². The zero-order valence-corrected chi connectivity index (χ0v) is 12.2. The molecule has 0 spiro atoms. The summed E-state index contributed by atoms with van der Waals surface area (Å²) in [5.41, 5.74) is 5.95. The van der Waals surface area contributed by atoms with E-state index in [4.69, 9.17) is 5.73 Å². The topological polar surface area (TPSA) is 68.0 Å². The summed E-state index contributed by atoms with van der Waals surface area (Å²) in [6.07, 6.45) is 1.68. The van der Waals surface area contributed by atoms with Crippen LogP contribution in [0.3, 0.4) is 0 Å². The van der Waals surface area contributed by atoms with E-state index >= 15 is 0 Å². The van der Waals surface area contributed by atoms with Gasteiger partial charge in [-0.25, -0.2) is 9.37 Å². The number of thiazole rings is 1. The van der Waals surface area contributed by atoms with Gasteiger partial charge in [-0.15, -0.1) is 11.3 Å². The lowest BCUT2D eigenvalue weighted by atomic mass is 10.1. The number of aromatic nitrogens is 1. The molecule has 1 aromatic heterocycles. The van der Waals surface area contributed by atoms with Crippen molar-refractivity contribution < 1.29 is 9.18 Å². The van der Waals surface area contributed by atoms with Crippen molar-refractivity contribution in [3.05, 3.63) is 51.7 Å². The molecule has 1 aromatic carbocycles. The fraction of sp³-hybridized carbons (Fsp3) is 0.200. The minimum atomic E-state index is -0.444. The molecule has 108 valence electrons. The lowest BCUT2D eigenvalue weighted by Gasteiger charge is -2.12. The molecule has 1 unspecified atom stereocenters. The predicted octanol–water partition coefficient (Wildman–Crippen LogP) is 2.08. The third-order valence-electron chi connectivity index (χ3n) is 2.72. The maximum absolute atomic E-state index is 13.3. The van der Waals surface area contributed by atoms with Gasteiger partial charge >= 0.3 is 0 Å². The van der Waals surface area contributed by atoms with Crippen molar-refractivity contribution in [3.8, 4) is 11.8 Å². The summed E-state index contributed by atoms with van der Waals surface area (Å²) in [6.45, 7) is 1.98. The Balaban J connectivity index is 2.22. The van der Waals surface area contributed by atoms with Crippen molar-refractivity contribution in [2.45, 2.75) is 13.0 Å². The number of carbonyl (C=O) groups is 1. The van der Waals surface area contributed by atoms with Crippen molar-refractivity contribution in [1.82, 2.24) is 10.3 Å². The van der Waals surface area contributed by atoms with E-state index in [9.17, 15) is 9.18 Å². The lowest BCUT2D eigenvalue weighted by molar-refractivity contribution is 0.0939. The summed E-state index contributed by atoms with van der Waals surface area (Å²) < 4.78 is 13.3. The van der Waals surface area contributed by atoms with Crippen LogP contribution in [0.15, 0.2) is 29.8 Å². The zero-order valence-electron chi connectivity index (χ0n) is 11.4. The van der Waals surface area contributed by atoms with Crippen LogP contribution < -0.4 is 11.1 Å². The highest BCUT2D eigenvalue weighted by atomic mass is 32.1. The molecule has 0 bridgehead atoms. The third-order valence-corrected chi connectivity index (χ3v) is 3.68. The molecule has 0 radical (unpaired) electrons. The Morgan fingerprint density at radius 2 is 2.38 bits per heavy atom. The van der Waals surface area contributed by atoms with Crippen LogP contribution in [-0.2, 0) is 0 Å². The number of carbonyl (C=O) groups excluding carboxylic acids is 1. The molecular weight excluding hydrogens is 289 g/mol. The van der Waals surface area contributed by atoms with Crippen molar-refractivity contribution in [2.24, 2.45) is 5.73 Å². The Labute approximate surface area is 126 Å². The minimum Gasteiger partial charge on any atom is -0.343 e. The maximum Gasteiger partial charge on any atom is 0.253 e. The molecule has 0 fully saturated rings. The Morgan fingerprint density at radius 1 is 1.57 bits per heavy atom. The smallest absolute Gasteiger partial charge is 0.253 e. The lowest BCUT2D eigenvalue weighted by Crippen LogP contribution is -2.27. The number of nitrogens with two attached hydrogens (primary N) is 1. The second kappa shape index (κ2) is 6.97. The monoisotopic (exact) mass is 303 g/mol. The van der Waals surface area contributed by atoms with Crippen LogP contribution in [0.4, 0.5) is 4.39 Å². The highest BCUT2D eigenvalue weighted by Gasteiger charge is 2.16. The first-order valence-corrected chi connectivity index (χ1v) is 7.18. The van der Waals surface area contributed by atoms with Gasteiger partial charge in [0, 0.05) is 17.1 Å². The summed E-state index contributed by atoms with van der Waals surface area (Å²) in [4.78, 5) is 16.4. The van der Waals surface area contributed by atoms with Gasteiger partial charge in [0.15, 0.2) is 0 Å². The van der Waals surface area contributed by atoms with E-state index in [-0.39, 0.29) is 18.5 Å². The standard InChI is InChI=1S/C15H14FN3OS/c1-10(15-18-7-8-21-15)19-14(20)13-5-4-12(16)9-11(13)3-2-6-17/h4-5,7-10H,6,17H2,1H3,(H,19,20). The van der Waals surface area contributed by atoms with E-state index in [0.29, 0.717) is 11.1 Å². The van der Waals surface area contributed by atoms with E-state index < -0.39 is 5.82 Å². The second-order valence-electron chi connectivity index (χ2n) is 4.26. The van der Waals surface area contributed by atoms with Gasteiger partial charge in [0.2, 0.25) is 0 Å². The summed E-state index contributed by atoms with van der Waals surface area (Å²) in [7, 11) is 0. The molecular formula is C15H14FN3OS. The van der Waals surface area contributed by atoms with Crippen LogP contribution in [0.1, 0.15) is 33.9 Å². The van der Waals surface area contributed by atoms with Crippen LogP contribution in [0, 0.1) is 17.7 Å². The van der Waals surface area contributed by atoms with Gasteiger partial charge in [0.05, 0.1) is 18.2 Å². The van der Waals surface area contributed by atoms with Gasteiger partial charge in [-0.2, -0.15) is 0 Å². The van der Waals surface area contributed by atoms with E-state index in [1.807, 2.05) is 12.3 Å². The van der Waals surface area contributed by atoms with Crippen molar-refractivity contribution in [2.75, 3.05) is 6.54 Å². The molecule has 1 amide bonds. The Bertz CT molecular complexity index is 689. The summed E-state index contributed by atoms with van der Waals surface area (Å²) in [5, 5.41) is 5.47. The molecule has 4 nitrogen and oxygen atoms in total. The maximum atomic E-state index is 13.3. The first-order valence-electron chi connectivity index (χ1n) is 6.30. The van der Waals surface area contributed by atoms with Crippen LogP contribution >= 0.6 is 11.3 Å². The number of nitrogens with zero attached hydrogens (tertiary/aromatic N) is 1. The number of amides is 1. The number of nitrogens with one attached hydrogen (secondary N) is 1. The largest absolute Gasteiger partial charge is 0.343 e. The molecule has 6 heteroatoms. The van der Waals surface area contributed by atoms with E-state index in [0.717, 1.165) is 5.01 Å². The van der Waals surface area contributed by atoms with Gasteiger partial charge in [0.25, 0.3) is 5.91 Å². The molecule has 21 heavy (non-hydrogen) atoms. The number of rotatable bonds is 3. The van der Waals surface area contributed by atoms with Gasteiger partial charge in [-0.05, 0) is 25.1 Å². The number of hydrogen-bond donors (Lipinski definition) is 2. The molecule has 0 aliphatic rings. The molecule has 0 aliphatic carbocycles. The Morgan fingerprint density at radius 3 is 3.05 bits per heavy atom. The molecule has 1 heterocycles. The second-order valence-corrected chi connectivity index (χ2v) is 5.19. The first kappa shape index (κ1) is 15.2. The van der Waals surface area contributed by atoms with Gasteiger partial charge in [-0.1, -0.05) is 11.8 Å². The number of benzene rings is 1. The molecule has 2 aromatic rings. The number of hydrogen-bond acceptors (Lipinski definition) is 4. The van der Waals surface area contributed by atoms with E-state index in [1.165, 1.54) is 29.5 Å². The third kappa shape index (κ3) is 3.88. The average molecular weight is 303 g/mol. The van der Waals surface area contributed by atoms with Crippen LogP contribution in [0.25, 0.3) is 0 Å². The van der Waals surface area contributed by atoms with Crippen LogP contribution in [0.2, 0.25) is 0 Å². The molecule has 3 N–H and O–H groups in total. The Hall–Kier alpha value is -2.23. The van der Waals surface area contributed by atoms with Crippen molar-refractivity contribution in [1.29, 1.82) is 0 Å². The fourth-order valence-corrected chi connectivity index (χ4v) is 2.39. The molecule has 2 rings (SSSR count). The molecule has 0 aliphatic heterocycles. The van der Waals surface area contributed by atoms with Crippen molar-refractivity contribution in [3.63, 3.8) is 0 Å². The van der Waals surface area contributed by atoms with Gasteiger partial charge in [-0.3, -0.25) is 4.79 Å². The average Bonchev–Trinajstić information content (AvgIpc) is 2.99. The van der Waals surface area contributed by atoms with Crippen molar-refractivity contribution >= 4 is 17.2 Å². The SMILES string of the molecule is CC(NC(=O)c1ccc(F)cc1C#CCN)c1nccs1. The predicted molar refractivity (Wildman–Crippen MR) is 80.3 cm³/mol. The normalized spacial score (nSPS) is 11.4. The fourth-order valence-electron chi connectivity index (χ4n) is 1.75. The van der Waals surface area contributed by atoms with Crippen LogP contribution in [0.5, 0.6) is 0 Å². The summed E-state index contributed by atoms with van der Waals surface area (Å²) in [5.74, 6) is 4.58. The van der Waals surface area contributed by atoms with Gasteiger partial charge < -0.3 is 11.1 Å². The highest BCUT2D eigenvalue weighted by Crippen LogP contribution is 2.17. The summed E-state index contributed by atoms with van der Waals surface area (Å²) >= 11 is 1.46. The summed E-state index contributed by atoms with van der Waals surface area (Å²) in [6, 6.07) is 3.65. The quantitative estimate of drug-likeness (QED) is 0.853.